The number of hydrogen-bond acceptors (Lipinski definition) is 8. The molecule has 0 spiro atoms. The summed E-state index contributed by atoms with van der Waals surface area (Å²) in [6.07, 6.45) is -0.410. The normalized spacial score (nSPS) is 13.1. The number of amides is 2. The summed E-state index contributed by atoms with van der Waals surface area (Å²) in [5.41, 5.74) is 5.38. The Balaban J connectivity index is 2.98. The Kier molecular flexibility index (Phi) is 9.79. The number of nitrogens with one attached hydrogen (secondary N) is 2. The highest BCUT2D eigenvalue weighted by Gasteiger charge is 2.25. The SMILES string of the molecule is CC(C)(C)c1cc(O)cc(SCC(NC(=O)CCC(N)C(=O)O)C(=O)NCC(=O)O)c1O. The standard InChI is InChI=1S/C20H29N3O8S/c1-20(2,3)11-6-10(24)7-14(17(11)28)32-9-13(18(29)22-8-16(26)27)23-15(25)5-4-12(21)19(30)31/h6-7,12-13,24,28H,4-5,8-9,21H2,1-3H3,(H,22,29)(H,23,25)(H,26,27)(H,30,31). The van der Waals surface area contributed by atoms with E-state index in [-0.39, 0.29) is 35.0 Å². The number of carboxylic acid groups (broad SMARTS) is 2. The van der Waals surface area contributed by atoms with Gasteiger partial charge in [-0.25, -0.2) is 0 Å². The summed E-state index contributed by atoms with van der Waals surface area (Å²) in [6.45, 7) is 4.88. The molecule has 1 rings (SSSR count). The van der Waals surface area contributed by atoms with Crippen LogP contribution in [0.25, 0.3) is 0 Å². The molecule has 1 aromatic carbocycles. The van der Waals surface area contributed by atoms with Crippen LogP contribution >= 0.6 is 11.8 Å². The third-order valence-corrected chi connectivity index (χ3v) is 5.46. The van der Waals surface area contributed by atoms with Crippen LogP contribution in [-0.4, -0.2) is 68.6 Å². The van der Waals surface area contributed by atoms with E-state index in [1.165, 1.54) is 12.1 Å². The molecule has 12 heteroatoms. The molecule has 32 heavy (non-hydrogen) atoms. The van der Waals surface area contributed by atoms with E-state index >= 15 is 0 Å². The number of phenols is 2. The molecule has 0 bridgehead atoms. The highest BCUT2D eigenvalue weighted by Crippen LogP contribution is 2.41. The van der Waals surface area contributed by atoms with Gasteiger partial charge in [0.1, 0.15) is 30.1 Å². The molecule has 0 radical (unpaired) electrons. The van der Waals surface area contributed by atoms with Crippen LogP contribution in [0.2, 0.25) is 0 Å². The van der Waals surface area contributed by atoms with E-state index < -0.39 is 47.8 Å². The Morgan fingerprint density at radius 2 is 1.75 bits per heavy atom. The lowest BCUT2D eigenvalue weighted by Gasteiger charge is -2.23. The van der Waals surface area contributed by atoms with Crippen molar-refractivity contribution in [2.24, 2.45) is 5.73 Å². The van der Waals surface area contributed by atoms with Crippen LogP contribution in [0.15, 0.2) is 17.0 Å². The molecule has 0 saturated heterocycles. The minimum atomic E-state index is -1.27. The van der Waals surface area contributed by atoms with E-state index in [9.17, 15) is 29.4 Å². The van der Waals surface area contributed by atoms with E-state index in [1.54, 1.807) is 0 Å². The van der Waals surface area contributed by atoms with Gasteiger partial charge >= 0.3 is 11.9 Å². The van der Waals surface area contributed by atoms with Gasteiger partial charge in [-0.05, 0) is 24.0 Å². The summed E-state index contributed by atoms with van der Waals surface area (Å²) in [5, 5.41) is 42.8. The number of carbonyl (C=O) groups is 4. The van der Waals surface area contributed by atoms with Crippen LogP contribution < -0.4 is 16.4 Å². The van der Waals surface area contributed by atoms with E-state index in [0.717, 1.165) is 11.8 Å². The molecule has 2 amide bonds. The highest BCUT2D eigenvalue weighted by atomic mass is 32.2. The number of carboxylic acids is 2. The zero-order chi connectivity index (χ0) is 24.6. The maximum absolute atomic E-state index is 12.4. The van der Waals surface area contributed by atoms with Gasteiger partial charge in [-0.2, -0.15) is 0 Å². The molecule has 0 saturated carbocycles. The number of thioether (sulfide) groups is 1. The van der Waals surface area contributed by atoms with Crippen molar-refractivity contribution in [1.82, 2.24) is 10.6 Å². The number of carbonyl (C=O) groups excluding carboxylic acids is 2. The Morgan fingerprint density at radius 3 is 2.28 bits per heavy atom. The van der Waals surface area contributed by atoms with E-state index in [1.807, 2.05) is 20.8 Å². The molecular weight excluding hydrogens is 442 g/mol. The second kappa shape index (κ2) is 11.6. The average Bonchev–Trinajstić information content (AvgIpc) is 2.68. The van der Waals surface area contributed by atoms with Gasteiger partial charge in [0, 0.05) is 17.7 Å². The van der Waals surface area contributed by atoms with Crippen LogP contribution in [0.1, 0.15) is 39.2 Å². The fraction of sp³-hybridized carbons (Fsp3) is 0.500. The molecule has 11 nitrogen and oxygen atoms in total. The second-order valence-corrected chi connectivity index (χ2v) is 9.18. The van der Waals surface area contributed by atoms with Crippen molar-refractivity contribution in [3.8, 4) is 11.5 Å². The summed E-state index contributed by atoms with van der Waals surface area (Å²) in [4.78, 5) is 46.4. The summed E-state index contributed by atoms with van der Waals surface area (Å²) in [5.74, 6) is -4.22. The van der Waals surface area contributed by atoms with Gasteiger partial charge < -0.3 is 36.8 Å². The third-order valence-electron chi connectivity index (χ3n) is 4.34. The fourth-order valence-electron chi connectivity index (χ4n) is 2.59. The van der Waals surface area contributed by atoms with Gasteiger partial charge in [0.2, 0.25) is 11.8 Å². The van der Waals surface area contributed by atoms with Crippen molar-refractivity contribution >= 4 is 35.5 Å². The summed E-state index contributed by atoms with van der Waals surface area (Å²) < 4.78 is 0. The lowest BCUT2D eigenvalue weighted by atomic mass is 9.86. The molecule has 0 aliphatic carbocycles. The fourth-order valence-corrected chi connectivity index (χ4v) is 3.63. The van der Waals surface area contributed by atoms with Gasteiger partial charge in [0.05, 0.1) is 4.90 Å². The number of rotatable bonds is 11. The maximum Gasteiger partial charge on any atom is 0.322 e. The molecule has 2 unspecified atom stereocenters. The largest absolute Gasteiger partial charge is 0.508 e. The maximum atomic E-state index is 12.4. The number of nitrogens with two attached hydrogens (primary N) is 1. The van der Waals surface area contributed by atoms with Crippen LogP contribution in [0.3, 0.4) is 0 Å². The average molecular weight is 472 g/mol. The van der Waals surface area contributed by atoms with Crippen molar-refractivity contribution in [2.75, 3.05) is 12.3 Å². The molecule has 8 N–H and O–H groups in total. The zero-order valence-electron chi connectivity index (χ0n) is 18.0. The van der Waals surface area contributed by atoms with Crippen LogP contribution in [-0.2, 0) is 24.6 Å². The third kappa shape index (κ3) is 8.63. The molecule has 0 aliphatic heterocycles. The first-order valence-corrected chi connectivity index (χ1v) is 10.7. The minimum Gasteiger partial charge on any atom is -0.508 e. The molecule has 178 valence electrons. The lowest BCUT2D eigenvalue weighted by Crippen LogP contribution is -2.49. The van der Waals surface area contributed by atoms with Crippen molar-refractivity contribution in [3.63, 3.8) is 0 Å². The smallest absolute Gasteiger partial charge is 0.322 e. The number of aliphatic carboxylic acids is 2. The quantitative estimate of drug-likeness (QED) is 0.175. The Hall–Kier alpha value is -2.99. The van der Waals surface area contributed by atoms with E-state index in [2.05, 4.69) is 10.6 Å². The number of phenolic OH excluding ortho intramolecular Hbond substituents is 2. The topological polar surface area (TPSA) is 199 Å². The second-order valence-electron chi connectivity index (χ2n) is 8.12. The lowest BCUT2D eigenvalue weighted by molar-refractivity contribution is -0.139. The van der Waals surface area contributed by atoms with Crippen LogP contribution in [0.5, 0.6) is 11.5 Å². The first kappa shape index (κ1) is 27.0. The predicted octanol–water partition coefficient (Wildman–Crippen LogP) is 0.365. The molecule has 0 aromatic heterocycles. The highest BCUT2D eigenvalue weighted by molar-refractivity contribution is 7.99. The Morgan fingerprint density at radius 1 is 1.12 bits per heavy atom. The summed E-state index contributed by atoms with van der Waals surface area (Å²) >= 11 is 0.982. The van der Waals surface area contributed by atoms with Crippen LogP contribution in [0, 0.1) is 0 Å². The minimum absolute atomic E-state index is 0.0799. The van der Waals surface area contributed by atoms with Gasteiger partial charge in [-0.3, -0.25) is 19.2 Å². The Bertz CT molecular complexity index is 869. The zero-order valence-corrected chi connectivity index (χ0v) is 18.9. The van der Waals surface area contributed by atoms with Crippen molar-refractivity contribution in [2.45, 2.75) is 56.0 Å². The first-order valence-electron chi connectivity index (χ1n) is 9.68. The van der Waals surface area contributed by atoms with Gasteiger partial charge in [0.25, 0.3) is 0 Å². The molecule has 0 aliphatic rings. The molecule has 2 atom stereocenters. The van der Waals surface area contributed by atoms with Crippen molar-refractivity contribution in [1.29, 1.82) is 0 Å². The molecule has 0 heterocycles. The van der Waals surface area contributed by atoms with E-state index in [0.29, 0.717) is 5.56 Å². The van der Waals surface area contributed by atoms with Crippen molar-refractivity contribution in [3.05, 3.63) is 17.7 Å². The van der Waals surface area contributed by atoms with Crippen molar-refractivity contribution < 1.29 is 39.6 Å². The summed E-state index contributed by atoms with van der Waals surface area (Å²) in [7, 11) is 0. The summed E-state index contributed by atoms with van der Waals surface area (Å²) in [6, 6.07) is 0.321. The number of aromatic hydroxyl groups is 2. The molecular formula is C20H29N3O8S. The molecule has 0 fully saturated rings. The van der Waals surface area contributed by atoms with Gasteiger partial charge in [-0.15, -0.1) is 11.8 Å². The number of hydrogen-bond donors (Lipinski definition) is 7. The Labute approximate surface area is 189 Å². The number of benzene rings is 1. The monoisotopic (exact) mass is 471 g/mol. The first-order chi connectivity index (χ1) is 14.7. The van der Waals surface area contributed by atoms with Gasteiger partial charge in [-0.1, -0.05) is 20.8 Å². The van der Waals surface area contributed by atoms with E-state index in [4.69, 9.17) is 15.9 Å². The molecule has 1 aromatic rings. The predicted molar refractivity (Wildman–Crippen MR) is 117 cm³/mol. The van der Waals surface area contributed by atoms with Gasteiger partial charge in [0.15, 0.2) is 0 Å². The van der Waals surface area contributed by atoms with Crippen LogP contribution in [0.4, 0.5) is 0 Å².